The summed E-state index contributed by atoms with van der Waals surface area (Å²) in [4.78, 5) is 4.14. The van der Waals surface area contributed by atoms with E-state index in [9.17, 15) is 13.2 Å². The molecule has 0 aromatic heterocycles. The number of hydrogen-bond donors (Lipinski definition) is 1. The topological polar surface area (TPSA) is 38.4 Å². The van der Waals surface area contributed by atoms with Gasteiger partial charge in [0, 0.05) is 10.4 Å². The second kappa shape index (κ2) is 5.53. The fraction of sp³-hybridized carbons (Fsp3) is 0.462. The van der Waals surface area contributed by atoms with Crippen LogP contribution in [-0.2, 0) is 6.18 Å². The van der Waals surface area contributed by atoms with Crippen LogP contribution in [-0.4, -0.2) is 5.84 Å². The maximum absolute atomic E-state index is 12.7. The molecule has 1 aliphatic rings. The number of rotatable bonds is 2. The maximum atomic E-state index is 12.7. The van der Waals surface area contributed by atoms with Crippen molar-refractivity contribution < 1.29 is 13.2 Å². The number of nitrogens with zero attached hydrogens (tertiary/aromatic N) is 1. The highest BCUT2D eigenvalue weighted by atomic mass is 79.9. The largest absolute Gasteiger partial charge is 0.416 e. The van der Waals surface area contributed by atoms with Crippen molar-refractivity contribution in [2.45, 2.75) is 31.9 Å². The van der Waals surface area contributed by atoms with Crippen molar-refractivity contribution in [1.82, 2.24) is 0 Å². The average molecular weight is 335 g/mol. The summed E-state index contributed by atoms with van der Waals surface area (Å²) in [7, 11) is 0. The van der Waals surface area contributed by atoms with Crippen LogP contribution >= 0.6 is 15.9 Å². The van der Waals surface area contributed by atoms with Crippen molar-refractivity contribution in [1.29, 1.82) is 0 Å². The summed E-state index contributed by atoms with van der Waals surface area (Å²) in [6, 6.07) is 3.59. The van der Waals surface area contributed by atoms with Gasteiger partial charge in [0.05, 0.1) is 11.3 Å². The first-order chi connectivity index (χ1) is 8.86. The molecule has 1 aromatic carbocycles. The van der Waals surface area contributed by atoms with Gasteiger partial charge >= 0.3 is 6.18 Å². The predicted octanol–water partition coefficient (Wildman–Crippen LogP) is 4.65. The minimum Gasteiger partial charge on any atom is -0.387 e. The molecule has 19 heavy (non-hydrogen) atoms. The standard InChI is InChI=1S/C13H14BrF3N2/c14-10-5-9(13(15,16)17)6-11(7-10)19-12(18)8-3-1-2-4-8/h5-8H,1-4H2,(H2,18,19). The number of alkyl halides is 3. The smallest absolute Gasteiger partial charge is 0.387 e. The van der Waals surface area contributed by atoms with E-state index in [1.54, 1.807) is 0 Å². The first-order valence-corrected chi connectivity index (χ1v) is 6.87. The van der Waals surface area contributed by atoms with Crippen LogP contribution < -0.4 is 5.73 Å². The Bertz CT molecular complexity index is 491. The van der Waals surface area contributed by atoms with Gasteiger partial charge < -0.3 is 5.73 Å². The lowest BCUT2D eigenvalue weighted by Gasteiger charge is -2.10. The lowest BCUT2D eigenvalue weighted by atomic mass is 10.1. The Morgan fingerprint density at radius 1 is 1.21 bits per heavy atom. The molecule has 0 spiro atoms. The highest BCUT2D eigenvalue weighted by Crippen LogP contribution is 2.34. The zero-order valence-corrected chi connectivity index (χ0v) is 11.8. The lowest BCUT2D eigenvalue weighted by molar-refractivity contribution is -0.137. The lowest BCUT2D eigenvalue weighted by Crippen LogP contribution is -2.20. The quantitative estimate of drug-likeness (QED) is 0.620. The summed E-state index contributed by atoms with van der Waals surface area (Å²) in [5.41, 5.74) is 5.39. The van der Waals surface area contributed by atoms with Crippen LogP contribution in [0.2, 0.25) is 0 Å². The minimum absolute atomic E-state index is 0.202. The second-order valence-electron chi connectivity index (χ2n) is 4.71. The SMILES string of the molecule is NC(=Nc1cc(Br)cc(C(F)(F)F)c1)C1CCCC1. The van der Waals surface area contributed by atoms with E-state index in [1.807, 2.05) is 0 Å². The number of halogens is 4. The Morgan fingerprint density at radius 3 is 2.42 bits per heavy atom. The summed E-state index contributed by atoms with van der Waals surface area (Å²) < 4.78 is 38.4. The van der Waals surface area contributed by atoms with Gasteiger partial charge in [-0.25, -0.2) is 4.99 Å². The summed E-state index contributed by atoms with van der Waals surface area (Å²) >= 11 is 3.07. The molecule has 0 bridgehead atoms. The highest BCUT2D eigenvalue weighted by Gasteiger charge is 2.31. The van der Waals surface area contributed by atoms with Gasteiger partial charge in [-0.2, -0.15) is 13.2 Å². The van der Waals surface area contributed by atoms with Crippen molar-refractivity contribution in [2.24, 2.45) is 16.6 Å². The van der Waals surface area contributed by atoms with Crippen molar-refractivity contribution in [2.75, 3.05) is 0 Å². The molecule has 1 aromatic rings. The Kier molecular flexibility index (Phi) is 4.18. The number of nitrogens with two attached hydrogens (primary N) is 1. The molecule has 0 heterocycles. The van der Waals surface area contributed by atoms with Crippen LogP contribution in [0, 0.1) is 5.92 Å². The van der Waals surface area contributed by atoms with E-state index in [-0.39, 0.29) is 11.6 Å². The van der Waals surface area contributed by atoms with Gasteiger partial charge in [-0.3, -0.25) is 0 Å². The molecule has 2 nitrogen and oxygen atoms in total. The van der Waals surface area contributed by atoms with E-state index >= 15 is 0 Å². The van der Waals surface area contributed by atoms with Gasteiger partial charge in [-0.05, 0) is 31.0 Å². The van der Waals surface area contributed by atoms with E-state index in [0.717, 1.165) is 37.8 Å². The van der Waals surface area contributed by atoms with Crippen LogP contribution in [0.4, 0.5) is 18.9 Å². The van der Waals surface area contributed by atoms with Crippen LogP contribution in [0.25, 0.3) is 0 Å². The maximum Gasteiger partial charge on any atom is 0.416 e. The van der Waals surface area contributed by atoms with Crippen molar-refractivity contribution in [3.8, 4) is 0 Å². The molecule has 0 atom stereocenters. The Balaban J connectivity index is 2.29. The molecule has 0 saturated heterocycles. The molecule has 104 valence electrons. The first-order valence-electron chi connectivity index (χ1n) is 6.08. The van der Waals surface area contributed by atoms with E-state index in [4.69, 9.17) is 5.73 Å². The Morgan fingerprint density at radius 2 is 1.84 bits per heavy atom. The molecule has 1 fully saturated rings. The third-order valence-electron chi connectivity index (χ3n) is 3.24. The number of amidine groups is 1. The molecule has 1 aliphatic carbocycles. The number of aliphatic imine (C=N–C) groups is 1. The molecule has 0 amide bonds. The zero-order chi connectivity index (χ0) is 14.0. The van der Waals surface area contributed by atoms with Crippen molar-refractivity contribution in [3.63, 3.8) is 0 Å². The summed E-state index contributed by atoms with van der Waals surface area (Å²) in [5, 5.41) is 0. The number of benzene rings is 1. The summed E-state index contributed by atoms with van der Waals surface area (Å²) in [6.07, 6.45) is -0.235. The van der Waals surface area contributed by atoms with Gasteiger partial charge in [0.2, 0.25) is 0 Å². The molecule has 1 saturated carbocycles. The van der Waals surface area contributed by atoms with Crippen LogP contribution in [0.15, 0.2) is 27.7 Å². The van der Waals surface area contributed by atoms with Gasteiger partial charge in [0.1, 0.15) is 5.84 Å². The van der Waals surface area contributed by atoms with E-state index < -0.39 is 11.7 Å². The highest BCUT2D eigenvalue weighted by molar-refractivity contribution is 9.10. The number of hydrogen-bond acceptors (Lipinski definition) is 1. The molecular weight excluding hydrogens is 321 g/mol. The predicted molar refractivity (Wildman–Crippen MR) is 72.4 cm³/mol. The Labute approximate surface area is 118 Å². The second-order valence-corrected chi connectivity index (χ2v) is 5.63. The fourth-order valence-electron chi connectivity index (χ4n) is 2.26. The molecule has 6 heteroatoms. The minimum atomic E-state index is -4.38. The fourth-order valence-corrected chi connectivity index (χ4v) is 2.75. The normalized spacial score (nSPS) is 18.0. The van der Waals surface area contributed by atoms with Gasteiger partial charge in [-0.1, -0.05) is 28.8 Å². The summed E-state index contributed by atoms with van der Waals surface area (Å²) in [6.45, 7) is 0. The molecule has 0 radical (unpaired) electrons. The van der Waals surface area contributed by atoms with E-state index in [0.29, 0.717) is 10.3 Å². The summed E-state index contributed by atoms with van der Waals surface area (Å²) in [5.74, 6) is 0.636. The van der Waals surface area contributed by atoms with Crippen molar-refractivity contribution >= 4 is 27.5 Å². The van der Waals surface area contributed by atoms with Crippen LogP contribution in [0.1, 0.15) is 31.2 Å². The average Bonchev–Trinajstić information content (AvgIpc) is 2.80. The van der Waals surface area contributed by atoms with Crippen LogP contribution in [0.5, 0.6) is 0 Å². The van der Waals surface area contributed by atoms with E-state index in [2.05, 4.69) is 20.9 Å². The monoisotopic (exact) mass is 334 g/mol. The van der Waals surface area contributed by atoms with E-state index in [1.165, 1.54) is 6.07 Å². The third-order valence-corrected chi connectivity index (χ3v) is 3.70. The molecule has 0 aliphatic heterocycles. The Hall–Kier alpha value is -1.04. The van der Waals surface area contributed by atoms with Gasteiger partial charge in [-0.15, -0.1) is 0 Å². The molecule has 2 rings (SSSR count). The zero-order valence-electron chi connectivity index (χ0n) is 10.2. The van der Waals surface area contributed by atoms with Crippen molar-refractivity contribution in [3.05, 3.63) is 28.2 Å². The van der Waals surface area contributed by atoms with Gasteiger partial charge in [0.15, 0.2) is 0 Å². The molecule has 0 unspecified atom stereocenters. The van der Waals surface area contributed by atoms with Crippen LogP contribution in [0.3, 0.4) is 0 Å². The van der Waals surface area contributed by atoms with Gasteiger partial charge in [0.25, 0.3) is 0 Å². The molecule has 2 N–H and O–H groups in total. The molecular formula is C13H14BrF3N2. The first kappa shape index (κ1) is 14.4. The third kappa shape index (κ3) is 3.72.